The lowest BCUT2D eigenvalue weighted by molar-refractivity contribution is 0.0429. The highest BCUT2D eigenvalue weighted by Gasteiger charge is 2.19. The minimum absolute atomic E-state index is 0.0736. The van der Waals surface area contributed by atoms with E-state index in [4.69, 9.17) is 9.26 Å². The molecule has 6 nitrogen and oxygen atoms in total. The Labute approximate surface area is 150 Å². The first-order valence-electron chi connectivity index (χ1n) is 8.43. The maximum atomic E-state index is 13.1. The topological polar surface area (TPSA) is 70.2 Å². The third kappa shape index (κ3) is 3.66. The van der Waals surface area contributed by atoms with Crippen molar-refractivity contribution in [1.29, 1.82) is 0 Å². The summed E-state index contributed by atoms with van der Waals surface area (Å²) in [7, 11) is 0. The highest BCUT2D eigenvalue weighted by molar-refractivity contribution is 5.91. The van der Waals surface area contributed by atoms with Gasteiger partial charge in [0.25, 0.3) is 5.89 Å². The summed E-state index contributed by atoms with van der Waals surface area (Å²) in [4.78, 5) is 16.6. The third-order valence-electron chi connectivity index (χ3n) is 4.05. The second kappa shape index (κ2) is 7.51. The lowest BCUT2D eigenvalue weighted by atomic mass is 10.2. The normalized spacial score (nSPS) is 10.9. The number of benzene rings is 1. The van der Waals surface area contributed by atoms with Gasteiger partial charge in [-0.15, -0.1) is 0 Å². The minimum atomic E-state index is -0.471. The number of rotatable bonds is 6. The Kier molecular flexibility index (Phi) is 5.16. The lowest BCUT2D eigenvalue weighted by Gasteiger charge is -2.09. The van der Waals surface area contributed by atoms with Gasteiger partial charge in [0.2, 0.25) is 0 Å². The molecule has 0 aliphatic rings. The standard InChI is InChI=1S/C19H20FN3O3/c1-4-5-17-21-18(26-22-17)11-25-19(24)16-10-12(2)23(13(16)3)15-8-6-14(20)7-9-15/h6-10H,4-5,11H2,1-3H3. The van der Waals surface area contributed by atoms with E-state index in [1.165, 1.54) is 12.1 Å². The SMILES string of the molecule is CCCc1noc(COC(=O)c2cc(C)n(-c3ccc(F)cc3)c2C)n1. The number of esters is 1. The molecule has 0 amide bonds. The van der Waals surface area contributed by atoms with Crippen LogP contribution in [0.2, 0.25) is 0 Å². The average molecular weight is 357 g/mol. The Morgan fingerprint density at radius 2 is 2.00 bits per heavy atom. The summed E-state index contributed by atoms with van der Waals surface area (Å²) in [6.45, 7) is 5.64. The largest absolute Gasteiger partial charge is 0.452 e. The highest BCUT2D eigenvalue weighted by atomic mass is 19.1. The summed E-state index contributed by atoms with van der Waals surface area (Å²) in [5.41, 5.74) is 2.79. The van der Waals surface area contributed by atoms with Crippen molar-refractivity contribution in [2.45, 2.75) is 40.2 Å². The van der Waals surface area contributed by atoms with Crippen LogP contribution in [0.3, 0.4) is 0 Å². The monoisotopic (exact) mass is 357 g/mol. The summed E-state index contributed by atoms with van der Waals surface area (Å²) in [5, 5.41) is 3.83. The number of carbonyl (C=O) groups is 1. The van der Waals surface area contributed by atoms with Gasteiger partial charge in [0.15, 0.2) is 12.4 Å². The van der Waals surface area contributed by atoms with E-state index in [0.717, 1.165) is 29.9 Å². The van der Waals surface area contributed by atoms with Crippen LogP contribution in [0.25, 0.3) is 5.69 Å². The molecule has 3 aromatic rings. The van der Waals surface area contributed by atoms with Crippen molar-refractivity contribution in [2.75, 3.05) is 0 Å². The first-order valence-corrected chi connectivity index (χ1v) is 8.43. The van der Waals surface area contributed by atoms with Crippen molar-refractivity contribution < 1.29 is 18.4 Å². The first-order chi connectivity index (χ1) is 12.5. The van der Waals surface area contributed by atoms with Crippen molar-refractivity contribution in [1.82, 2.24) is 14.7 Å². The molecule has 0 atom stereocenters. The number of hydrogen-bond acceptors (Lipinski definition) is 5. The number of aryl methyl sites for hydroxylation is 2. The molecule has 0 N–H and O–H groups in total. The van der Waals surface area contributed by atoms with Crippen molar-refractivity contribution in [2.24, 2.45) is 0 Å². The van der Waals surface area contributed by atoms with Crippen LogP contribution in [-0.2, 0) is 17.8 Å². The summed E-state index contributed by atoms with van der Waals surface area (Å²) in [6, 6.07) is 7.85. The van der Waals surface area contributed by atoms with Gasteiger partial charge in [-0.3, -0.25) is 0 Å². The molecular weight excluding hydrogens is 337 g/mol. The van der Waals surface area contributed by atoms with Crippen LogP contribution in [0, 0.1) is 19.7 Å². The van der Waals surface area contributed by atoms with Crippen molar-refractivity contribution in [3.8, 4) is 5.69 Å². The maximum Gasteiger partial charge on any atom is 0.340 e. The second-order valence-electron chi connectivity index (χ2n) is 6.03. The Morgan fingerprint density at radius 3 is 2.69 bits per heavy atom. The molecule has 0 unspecified atom stereocenters. The Morgan fingerprint density at radius 1 is 1.27 bits per heavy atom. The highest BCUT2D eigenvalue weighted by Crippen LogP contribution is 2.22. The Hall–Kier alpha value is -2.96. The van der Waals surface area contributed by atoms with Crippen LogP contribution in [0.5, 0.6) is 0 Å². The molecule has 0 saturated carbocycles. The van der Waals surface area contributed by atoms with Crippen LogP contribution in [0.4, 0.5) is 4.39 Å². The number of nitrogens with zero attached hydrogens (tertiary/aromatic N) is 3. The van der Waals surface area contributed by atoms with E-state index in [1.807, 2.05) is 25.3 Å². The van der Waals surface area contributed by atoms with E-state index < -0.39 is 5.97 Å². The fraction of sp³-hybridized carbons (Fsp3) is 0.316. The second-order valence-corrected chi connectivity index (χ2v) is 6.03. The van der Waals surface area contributed by atoms with Crippen molar-refractivity contribution in [3.05, 3.63) is 64.8 Å². The molecule has 0 radical (unpaired) electrons. The van der Waals surface area contributed by atoms with Gasteiger partial charge >= 0.3 is 5.97 Å². The molecule has 0 aliphatic carbocycles. The predicted octanol–water partition coefficient (Wildman–Crippen LogP) is 3.93. The number of ether oxygens (including phenoxy) is 1. The average Bonchev–Trinajstić information content (AvgIpc) is 3.18. The molecule has 1 aromatic carbocycles. The fourth-order valence-corrected chi connectivity index (χ4v) is 2.84. The van der Waals surface area contributed by atoms with Crippen LogP contribution in [-0.4, -0.2) is 20.7 Å². The number of aromatic nitrogens is 3. The number of halogens is 1. The van der Waals surface area contributed by atoms with Crippen LogP contribution < -0.4 is 0 Å². The molecule has 0 saturated heterocycles. The molecule has 0 aliphatic heterocycles. The third-order valence-corrected chi connectivity index (χ3v) is 4.05. The van der Waals surface area contributed by atoms with Crippen LogP contribution in [0.1, 0.15) is 46.8 Å². The van der Waals surface area contributed by atoms with Crippen LogP contribution >= 0.6 is 0 Å². The number of carbonyl (C=O) groups excluding carboxylic acids is 1. The van der Waals surface area contributed by atoms with E-state index >= 15 is 0 Å². The zero-order chi connectivity index (χ0) is 18.7. The van der Waals surface area contributed by atoms with Gasteiger partial charge < -0.3 is 13.8 Å². The Bertz CT molecular complexity index is 913. The van der Waals surface area contributed by atoms with Gasteiger partial charge in [0, 0.05) is 23.5 Å². The van der Waals surface area contributed by atoms with E-state index in [9.17, 15) is 9.18 Å². The molecular formula is C19H20FN3O3. The maximum absolute atomic E-state index is 13.1. The lowest BCUT2D eigenvalue weighted by Crippen LogP contribution is -2.07. The van der Waals surface area contributed by atoms with Crippen LogP contribution in [0.15, 0.2) is 34.9 Å². The van der Waals surface area contributed by atoms with Gasteiger partial charge in [0.1, 0.15) is 5.82 Å². The summed E-state index contributed by atoms with van der Waals surface area (Å²) in [5.74, 6) is 0.0988. The van der Waals surface area contributed by atoms with Gasteiger partial charge in [-0.2, -0.15) is 4.98 Å². The first kappa shape index (κ1) is 17.8. The smallest absolute Gasteiger partial charge is 0.340 e. The van der Waals surface area contributed by atoms with E-state index in [1.54, 1.807) is 18.2 Å². The summed E-state index contributed by atoms with van der Waals surface area (Å²) >= 11 is 0. The zero-order valence-electron chi connectivity index (χ0n) is 15.0. The number of hydrogen-bond donors (Lipinski definition) is 0. The fourth-order valence-electron chi connectivity index (χ4n) is 2.84. The zero-order valence-corrected chi connectivity index (χ0v) is 15.0. The van der Waals surface area contributed by atoms with E-state index in [0.29, 0.717) is 11.4 Å². The van der Waals surface area contributed by atoms with Gasteiger partial charge in [-0.05, 0) is 50.6 Å². The van der Waals surface area contributed by atoms with Gasteiger partial charge in [-0.1, -0.05) is 12.1 Å². The van der Waals surface area contributed by atoms with Crippen molar-refractivity contribution in [3.63, 3.8) is 0 Å². The Balaban J connectivity index is 1.75. The molecule has 26 heavy (non-hydrogen) atoms. The van der Waals surface area contributed by atoms with Crippen molar-refractivity contribution >= 4 is 5.97 Å². The molecule has 7 heteroatoms. The van der Waals surface area contributed by atoms with Gasteiger partial charge in [-0.25, -0.2) is 9.18 Å². The minimum Gasteiger partial charge on any atom is -0.452 e. The van der Waals surface area contributed by atoms with E-state index in [2.05, 4.69) is 10.1 Å². The summed E-state index contributed by atoms with van der Waals surface area (Å²) in [6.07, 6.45) is 1.63. The van der Waals surface area contributed by atoms with E-state index in [-0.39, 0.29) is 18.3 Å². The predicted molar refractivity (Wildman–Crippen MR) is 92.6 cm³/mol. The molecule has 0 spiro atoms. The summed E-state index contributed by atoms with van der Waals surface area (Å²) < 4.78 is 25.4. The van der Waals surface area contributed by atoms with Gasteiger partial charge in [0.05, 0.1) is 5.56 Å². The molecule has 0 fully saturated rings. The molecule has 3 rings (SSSR count). The molecule has 136 valence electrons. The molecule has 2 aromatic heterocycles. The molecule has 2 heterocycles. The quantitative estimate of drug-likeness (QED) is 0.625. The molecule has 0 bridgehead atoms.